The lowest BCUT2D eigenvalue weighted by molar-refractivity contribution is 0.435. The molecule has 0 spiro atoms. The van der Waals surface area contributed by atoms with E-state index in [0.29, 0.717) is 5.92 Å². The molecule has 1 heterocycles. The van der Waals surface area contributed by atoms with Crippen LogP contribution in [0.25, 0.3) is 10.9 Å². The molecule has 1 aliphatic carbocycles. The zero-order chi connectivity index (χ0) is 17.9. The van der Waals surface area contributed by atoms with Gasteiger partial charge in [-0.2, -0.15) is 0 Å². The van der Waals surface area contributed by atoms with Gasteiger partial charge in [0.05, 0.1) is 5.52 Å². The van der Waals surface area contributed by atoms with Gasteiger partial charge in [0.15, 0.2) is 0 Å². The van der Waals surface area contributed by atoms with Gasteiger partial charge in [-0.05, 0) is 44.7 Å². The van der Waals surface area contributed by atoms with Gasteiger partial charge in [0, 0.05) is 22.7 Å². The molecule has 0 amide bonds. The van der Waals surface area contributed by atoms with Gasteiger partial charge in [-0.25, -0.2) is 0 Å². The lowest BCUT2D eigenvalue weighted by Crippen LogP contribution is -2.20. The van der Waals surface area contributed by atoms with E-state index in [1.807, 2.05) is 0 Å². The van der Waals surface area contributed by atoms with Crippen molar-refractivity contribution in [3.63, 3.8) is 0 Å². The Balaban J connectivity index is 1.95. The van der Waals surface area contributed by atoms with Crippen LogP contribution in [0.15, 0.2) is 65.7 Å². The molecule has 0 aliphatic heterocycles. The second-order valence-corrected chi connectivity index (χ2v) is 7.71. The molecule has 26 heavy (non-hydrogen) atoms. The number of hydrogen-bond donors (Lipinski definition) is 0. The van der Waals surface area contributed by atoms with Gasteiger partial charge in [-0.3, -0.25) is 9.56 Å². The summed E-state index contributed by atoms with van der Waals surface area (Å²) in [5.74, 6) is 1.72. The van der Waals surface area contributed by atoms with E-state index in [1.165, 1.54) is 54.3 Å². The first kappa shape index (κ1) is 17.1. The SMILES string of the molecule is CC(C)N=C(c1ccccc1)n1c(C2CCCCC2)cc2ccccc21. The minimum absolute atomic E-state index is 0.255. The van der Waals surface area contributed by atoms with Crippen molar-refractivity contribution >= 4 is 16.7 Å². The fourth-order valence-corrected chi connectivity index (χ4v) is 4.20. The quantitative estimate of drug-likeness (QED) is 0.387. The van der Waals surface area contributed by atoms with Crippen LogP contribution in [0.2, 0.25) is 0 Å². The number of aliphatic imine (C=N–C) groups is 1. The summed E-state index contributed by atoms with van der Waals surface area (Å²) in [6.07, 6.45) is 6.64. The molecule has 0 saturated heterocycles. The van der Waals surface area contributed by atoms with E-state index < -0.39 is 0 Å². The second kappa shape index (κ2) is 7.49. The summed E-state index contributed by atoms with van der Waals surface area (Å²) in [6, 6.07) is 22.1. The number of hydrogen-bond acceptors (Lipinski definition) is 1. The van der Waals surface area contributed by atoms with Gasteiger partial charge < -0.3 is 0 Å². The Morgan fingerprint density at radius 1 is 0.923 bits per heavy atom. The molecule has 2 nitrogen and oxygen atoms in total. The Morgan fingerprint density at radius 2 is 1.62 bits per heavy atom. The number of aromatic nitrogens is 1. The molecule has 2 aromatic carbocycles. The Morgan fingerprint density at radius 3 is 2.35 bits per heavy atom. The fourth-order valence-electron chi connectivity index (χ4n) is 4.20. The van der Waals surface area contributed by atoms with Crippen LogP contribution in [0.5, 0.6) is 0 Å². The van der Waals surface area contributed by atoms with E-state index in [0.717, 1.165) is 5.84 Å². The second-order valence-electron chi connectivity index (χ2n) is 7.71. The van der Waals surface area contributed by atoms with Gasteiger partial charge in [0.25, 0.3) is 0 Å². The summed E-state index contributed by atoms with van der Waals surface area (Å²) in [6.45, 7) is 4.32. The normalized spacial score (nSPS) is 16.5. The molecule has 1 fully saturated rings. The minimum atomic E-state index is 0.255. The van der Waals surface area contributed by atoms with Gasteiger partial charge >= 0.3 is 0 Å². The van der Waals surface area contributed by atoms with E-state index in [-0.39, 0.29) is 6.04 Å². The van der Waals surface area contributed by atoms with Gasteiger partial charge in [-0.15, -0.1) is 0 Å². The largest absolute Gasteiger partial charge is 0.298 e. The summed E-state index contributed by atoms with van der Waals surface area (Å²) in [5.41, 5.74) is 3.91. The molecule has 0 unspecified atom stereocenters. The molecule has 134 valence electrons. The van der Waals surface area contributed by atoms with E-state index in [4.69, 9.17) is 4.99 Å². The lowest BCUT2D eigenvalue weighted by atomic mass is 9.87. The van der Waals surface area contributed by atoms with Crippen LogP contribution in [0.1, 0.15) is 63.1 Å². The molecule has 0 bridgehead atoms. The molecule has 2 heteroatoms. The zero-order valence-electron chi connectivity index (χ0n) is 15.9. The van der Waals surface area contributed by atoms with Crippen molar-refractivity contribution in [2.24, 2.45) is 4.99 Å². The molecule has 1 saturated carbocycles. The maximum Gasteiger partial charge on any atom is 0.140 e. The average molecular weight is 345 g/mol. The van der Waals surface area contributed by atoms with E-state index in [9.17, 15) is 0 Å². The number of para-hydroxylation sites is 1. The highest BCUT2D eigenvalue weighted by atomic mass is 15.1. The average Bonchev–Trinajstić information content (AvgIpc) is 3.07. The number of fused-ring (bicyclic) bond motifs is 1. The molecular weight excluding hydrogens is 316 g/mol. The Labute approximate surface area is 156 Å². The van der Waals surface area contributed by atoms with Gasteiger partial charge in [0.2, 0.25) is 0 Å². The molecule has 0 radical (unpaired) electrons. The predicted molar refractivity (Wildman–Crippen MR) is 111 cm³/mol. The van der Waals surface area contributed by atoms with Crippen LogP contribution < -0.4 is 0 Å². The van der Waals surface area contributed by atoms with Crippen LogP contribution in [0.3, 0.4) is 0 Å². The highest BCUT2D eigenvalue weighted by molar-refractivity contribution is 6.06. The first-order valence-corrected chi connectivity index (χ1v) is 9.98. The number of rotatable bonds is 3. The molecule has 4 rings (SSSR count). The summed E-state index contributed by atoms with van der Waals surface area (Å²) >= 11 is 0. The van der Waals surface area contributed by atoms with Crippen molar-refractivity contribution < 1.29 is 0 Å². The van der Waals surface area contributed by atoms with Gasteiger partial charge in [0.1, 0.15) is 5.84 Å². The molecule has 0 atom stereocenters. The zero-order valence-corrected chi connectivity index (χ0v) is 15.9. The smallest absolute Gasteiger partial charge is 0.140 e. The van der Waals surface area contributed by atoms with Crippen molar-refractivity contribution in [1.29, 1.82) is 0 Å². The van der Waals surface area contributed by atoms with Crippen LogP contribution in [0.4, 0.5) is 0 Å². The predicted octanol–water partition coefficient (Wildman–Crippen LogP) is 6.39. The van der Waals surface area contributed by atoms with Crippen molar-refractivity contribution in [3.05, 3.63) is 71.9 Å². The highest BCUT2D eigenvalue weighted by Gasteiger charge is 2.23. The summed E-state index contributed by atoms with van der Waals surface area (Å²) in [7, 11) is 0. The monoisotopic (exact) mass is 344 g/mol. The van der Waals surface area contributed by atoms with E-state index >= 15 is 0 Å². The van der Waals surface area contributed by atoms with Crippen LogP contribution in [0, 0.1) is 0 Å². The minimum Gasteiger partial charge on any atom is -0.298 e. The molecular formula is C24H28N2. The first-order chi connectivity index (χ1) is 12.7. The van der Waals surface area contributed by atoms with E-state index in [2.05, 4.69) is 79.1 Å². The van der Waals surface area contributed by atoms with Crippen molar-refractivity contribution in [2.45, 2.75) is 57.9 Å². The summed E-state index contributed by atoms with van der Waals surface area (Å²) in [5, 5.41) is 1.32. The third-order valence-electron chi connectivity index (χ3n) is 5.39. The van der Waals surface area contributed by atoms with Crippen LogP contribution >= 0.6 is 0 Å². The molecule has 1 aliphatic rings. The van der Waals surface area contributed by atoms with Crippen LogP contribution in [-0.4, -0.2) is 16.4 Å². The Bertz CT molecular complexity index is 896. The maximum atomic E-state index is 5.07. The van der Waals surface area contributed by atoms with Gasteiger partial charge in [-0.1, -0.05) is 67.8 Å². The van der Waals surface area contributed by atoms with Crippen molar-refractivity contribution in [3.8, 4) is 0 Å². The molecule has 3 aromatic rings. The molecule has 0 N–H and O–H groups in total. The van der Waals surface area contributed by atoms with Crippen molar-refractivity contribution in [2.75, 3.05) is 0 Å². The Hall–Kier alpha value is -2.35. The third kappa shape index (κ3) is 3.33. The lowest BCUT2D eigenvalue weighted by Gasteiger charge is -2.25. The van der Waals surface area contributed by atoms with Crippen LogP contribution in [-0.2, 0) is 0 Å². The summed E-state index contributed by atoms with van der Waals surface area (Å²) < 4.78 is 2.45. The Kier molecular flexibility index (Phi) is 4.92. The summed E-state index contributed by atoms with van der Waals surface area (Å²) in [4.78, 5) is 5.07. The topological polar surface area (TPSA) is 17.3 Å². The first-order valence-electron chi connectivity index (χ1n) is 9.98. The maximum absolute atomic E-state index is 5.07. The fraction of sp³-hybridized carbons (Fsp3) is 0.375. The van der Waals surface area contributed by atoms with Crippen molar-refractivity contribution in [1.82, 2.24) is 4.57 Å². The highest BCUT2D eigenvalue weighted by Crippen LogP contribution is 2.36. The number of benzene rings is 2. The standard InChI is InChI=1S/C24H28N2/c1-18(2)25-24(20-13-7-4-8-14-20)26-22-16-10-9-15-21(22)17-23(26)19-11-5-3-6-12-19/h4,7-10,13-19H,3,5-6,11-12H2,1-2H3. The third-order valence-corrected chi connectivity index (χ3v) is 5.39. The van der Waals surface area contributed by atoms with E-state index in [1.54, 1.807) is 0 Å². The molecule has 1 aromatic heterocycles. The number of nitrogens with zero attached hydrogens (tertiary/aromatic N) is 2.